The van der Waals surface area contributed by atoms with Crippen molar-refractivity contribution in [2.75, 3.05) is 32.7 Å². The molecule has 1 atom stereocenters. The molecular formula is C14H30N2O. The van der Waals surface area contributed by atoms with Gasteiger partial charge in [-0.1, -0.05) is 27.7 Å². The average Bonchev–Trinajstić information content (AvgIpc) is 2.69. The fourth-order valence-corrected chi connectivity index (χ4v) is 2.09. The Morgan fingerprint density at radius 1 is 1.24 bits per heavy atom. The molecular weight excluding hydrogens is 212 g/mol. The Labute approximate surface area is 107 Å². The summed E-state index contributed by atoms with van der Waals surface area (Å²) in [6, 6.07) is 0. The third kappa shape index (κ3) is 5.36. The molecule has 0 radical (unpaired) electrons. The van der Waals surface area contributed by atoms with Crippen molar-refractivity contribution in [3.63, 3.8) is 0 Å². The van der Waals surface area contributed by atoms with Crippen molar-refractivity contribution in [1.82, 2.24) is 10.2 Å². The summed E-state index contributed by atoms with van der Waals surface area (Å²) in [6.07, 6.45) is 2.36. The lowest BCUT2D eigenvalue weighted by Gasteiger charge is -2.30. The normalized spacial score (nSPS) is 20.1. The lowest BCUT2D eigenvalue weighted by Crippen LogP contribution is -2.41. The first kappa shape index (κ1) is 14.9. The van der Waals surface area contributed by atoms with Crippen molar-refractivity contribution in [3.05, 3.63) is 0 Å². The van der Waals surface area contributed by atoms with E-state index in [9.17, 15) is 5.11 Å². The van der Waals surface area contributed by atoms with Crippen molar-refractivity contribution in [2.45, 2.75) is 46.6 Å². The van der Waals surface area contributed by atoms with Crippen LogP contribution in [-0.2, 0) is 0 Å². The lowest BCUT2D eigenvalue weighted by atomic mass is 9.81. The summed E-state index contributed by atoms with van der Waals surface area (Å²) < 4.78 is 0. The standard InChI is InChI=1S/C14H30N2O/c1-12(2)14(3,4)11-15-9-13(17)10-16-7-5-6-8-16/h12-13,15,17H,5-11H2,1-4H3. The van der Waals surface area contributed by atoms with Gasteiger partial charge in [-0.05, 0) is 37.3 Å². The summed E-state index contributed by atoms with van der Waals surface area (Å²) in [4.78, 5) is 2.36. The molecule has 0 bridgehead atoms. The highest BCUT2D eigenvalue weighted by Crippen LogP contribution is 2.24. The van der Waals surface area contributed by atoms with Gasteiger partial charge in [-0.25, -0.2) is 0 Å². The van der Waals surface area contributed by atoms with E-state index in [1.54, 1.807) is 0 Å². The largest absolute Gasteiger partial charge is 0.390 e. The number of nitrogens with one attached hydrogen (secondary N) is 1. The van der Waals surface area contributed by atoms with Gasteiger partial charge in [0.25, 0.3) is 0 Å². The molecule has 1 aliphatic heterocycles. The van der Waals surface area contributed by atoms with Crippen molar-refractivity contribution >= 4 is 0 Å². The van der Waals surface area contributed by atoms with E-state index in [4.69, 9.17) is 0 Å². The van der Waals surface area contributed by atoms with E-state index in [1.165, 1.54) is 12.8 Å². The summed E-state index contributed by atoms with van der Waals surface area (Å²) in [5.41, 5.74) is 0.299. The van der Waals surface area contributed by atoms with Crippen LogP contribution in [0.3, 0.4) is 0 Å². The Morgan fingerprint density at radius 2 is 1.82 bits per heavy atom. The fourth-order valence-electron chi connectivity index (χ4n) is 2.09. The Hall–Kier alpha value is -0.120. The van der Waals surface area contributed by atoms with E-state index in [0.29, 0.717) is 17.9 Å². The molecule has 1 unspecified atom stereocenters. The quantitative estimate of drug-likeness (QED) is 0.713. The average molecular weight is 242 g/mol. The highest BCUT2D eigenvalue weighted by atomic mass is 16.3. The Kier molecular flexibility index (Phi) is 5.90. The van der Waals surface area contributed by atoms with Crippen LogP contribution in [0.25, 0.3) is 0 Å². The number of rotatable bonds is 7. The molecule has 0 aliphatic carbocycles. The number of aliphatic hydroxyl groups excluding tert-OH is 1. The van der Waals surface area contributed by atoms with Crippen LogP contribution in [0.2, 0.25) is 0 Å². The van der Waals surface area contributed by atoms with Crippen LogP contribution in [0, 0.1) is 11.3 Å². The monoisotopic (exact) mass is 242 g/mol. The van der Waals surface area contributed by atoms with Crippen LogP contribution in [0.15, 0.2) is 0 Å². The molecule has 1 saturated heterocycles. The third-order valence-electron chi connectivity index (χ3n) is 4.19. The SMILES string of the molecule is CC(C)C(C)(C)CNCC(O)CN1CCCC1. The minimum atomic E-state index is -0.226. The predicted molar refractivity (Wildman–Crippen MR) is 73.2 cm³/mol. The van der Waals surface area contributed by atoms with Crippen molar-refractivity contribution in [1.29, 1.82) is 0 Å². The first-order valence-corrected chi connectivity index (χ1v) is 7.03. The van der Waals surface area contributed by atoms with Crippen LogP contribution in [0.4, 0.5) is 0 Å². The van der Waals surface area contributed by atoms with Gasteiger partial charge in [0.05, 0.1) is 6.10 Å². The minimum Gasteiger partial charge on any atom is -0.390 e. The van der Waals surface area contributed by atoms with Crippen molar-refractivity contribution in [2.24, 2.45) is 11.3 Å². The smallest absolute Gasteiger partial charge is 0.0791 e. The highest BCUT2D eigenvalue weighted by molar-refractivity contribution is 4.77. The van der Waals surface area contributed by atoms with E-state index in [0.717, 1.165) is 26.2 Å². The zero-order chi connectivity index (χ0) is 12.9. The van der Waals surface area contributed by atoms with E-state index in [-0.39, 0.29) is 6.10 Å². The number of hydrogen-bond donors (Lipinski definition) is 2. The lowest BCUT2D eigenvalue weighted by molar-refractivity contribution is 0.117. The summed E-state index contributed by atoms with van der Waals surface area (Å²) in [5, 5.41) is 13.3. The first-order chi connectivity index (χ1) is 7.92. The van der Waals surface area contributed by atoms with Gasteiger partial charge < -0.3 is 15.3 Å². The molecule has 1 aliphatic rings. The van der Waals surface area contributed by atoms with Crippen molar-refractivity contribution in [3.8, 4) is 0 Å². The maximum absolute atomic E-state index is 9.94. The molecule has 0 saturated carbocycles. The van der Waals surface area contributed by atoms with E-state index >= 15 is 0 Å². The second kappa shape index (κ2) is 6.72. The molecule has 0 aromatic heterocycles. The molecule has 102 valence electrons. The molecule has 1 rings (SSSR count). The van der Waals surface area contributed by atoms with E-state index in [1.807, 2.05) is 0 Å². The third-order valence-corrected chi connectivity index (χ3v) is 4.19. The van der Waals surface area contributed by atoms with E-state index in [2.05, 4.69) is 37.9 Å². The molecule has 3 heteroatoms. The summed E-state index contributed by atoms with van der Waals surface area (Å²) in [7, 11) is 0. The maximum Gasteiger partial charge on any atom is 0.0791 e. The number of nitrogens with zero attached hydrogens (tertiary/aromatic N) is 1. The van der Waals surface area contributed by atoms with Crippen LogP contribution in [0.1, 0.15) is 40.5 Å². The number of aliphatic hydroxyl groups is 1. The summed E-state index contributed by atoms with van der Waals surface area (Å²) in [5.74, 6) is 0.658. The molecule has 3 nitrogen and oxygen atoms in total. The topological polar surface area (TPSA) is 35.5 Å². The number of hydrogen-bond acceptors (Lipinski definition) is 3. The van der Waals surface area contributed by atoms with E-state index < -0.39 is 0 Å². The molecule has 0 aromatic carbocycles. The molecule has 2 N–H and O–H groups in total. The van der Waals surface area contributed by atoms with Gasteiger partial charge in [-0.15, -0.1) is 0 Å². The molecule has 0 spiro atoms. The van der Waals surface area contributed by atoms with Crippen LogP contribution in [0.5, 0.6) is 0 Å². The maximum atomic E-state index is 9.94. The predicted octanol–water partition coefficient (Wildman–Crippen LogP) is 1.71. The zero-order valence-corrected chi connectivity index (χ0v) is 12.0. The highest BCUT2D eigenvalue weighted by Gasteiger charge is 2.22. The Morgan fingerprint density at radius 3 is 2.35 bits per heavy atom. The Bertz CT molecular complexity index is 210. The van der Waals surface area contributed by atoms with Gasteiger partial charge in [0.2, 0.25) is 0 Å². The number of β-amino-alcohol motifs (C(OH)–C–C–N with tert-alkyl or cyclic N) is 1. The second-order valence-corrected chi connectivity index (χ2v) is 6.44. The van der Waals surface area contributed by atoms with Gasteiger partial charge in [-0.3, -0.25) is 0 Å². The molecule has 0 aromatic rings. The summed E-state index contributed by atoms with van der Waals surface area (Å²) >= 11 is 0. The summed E-state index contributed by atoms with van der Waals surface area (Å²) in [6.45, 7) is 13.9. The Balaban J connectivity index is 2.13. The minimum absolute atomic E-state index is 0.226. The van der Waals surface area contributed by atoms with Crippen LogP contribution >= 0.6 is 0 Å². The zero-order valence-electron chi connectivity index (χ0n) is 12.0. The fraction of sp³-hybridized carbons (Fsp3) is 1.00. The molecule has 17 heavy (non-hydrogen) atoms. The van der Waals surface area contributed by atoms with Crippen molar-refractivity contribution < 1.29 is 5.11 Å². The molecule has 0 amide bonds. The van der Waals surface area contributed by atoms with Gasteiger partial charge in [0.1, 0.15) is 0 Å². The van der Waals surface area contributed by atoms with Gasteiger partial charge >= 0.3 is 0 Å². The second-order valence-electron chi connectivity index (χ2n) is 6.44. The van der Waals surface area contributed by atoms with Gasteiger partial charge in [-0.2, -0.15) is 0 Å². The number of likely N-dealkylation sites (tertiary alicyclic amines) is 1. The molecule has 1 heterocycles. The van der Waals surface area contributed by atoms with Crippen LogP contribution in [-0.4, -0.2) is 48.8 Å². The van der Waals surface area contributed by atoms with Gasteiger partial charge in [0, 0.05) is 19.6 Å². The first-order valence-electron chi connectivity index (χ1n) is 7.03. The van der Waals surface area contributed by atoms with Gasteiger partial charge in [0.15, 0.2) is 0 Å². The molecule has 1 fully saturated rings. The van der Waals surface area contributed by atoms with Crippen LogP contribution < -0.4 is 5.32 Å².